The van der Waals surface area contributed by atoms with E-state index in [1.807, 2.05) is 0 Å². The van der Waals surface area contributed by atoms with Crippen LogP contribution in [-0.4, -0.2) is 46.8 Å². The average molecular weight is 1090 g/mol. The molecule has 0 saturated carbocycles. The number of allylic oxidation sites excluding steroid dienone is 6. The van der Waals surface area contributed by atoms with Gasteiger partial charge >= 0.3 is 0 Å². The summed E-state index contributed by atoms with van der Waals surface area (Å²) in [5, 5.41) is 35.3. The van der Waals surface area contributed by atoms with Crippen molar-refractivity contribution in [2.24, 2.45) is 5.28 Å². The van der Waals surface area contributed by atoms with Gasteiger partial charge in [0, 0.05) is 132 Å². The van der Waals surface area contributed by atoms with E-state index in [-0.39, 0.29) is 45.4 Å². The van der Waals surface area contributed by atoms with Crippen molar-refractivity contribution in [2.45, 2.75) is 45.4 Å². The zero-order valence-corrected chi connectivity index (χ0v) is 42.5. The Balaban J connectivity index is -0.0000000711. The standard InChI is InChI=1S/C29H35N2O2.C29H4.ClHN2O6.ClHO4.15H2/c1-28(2)22-12-8-10-14-24(22)30(18-20-32)26(28)16-6-5-7-17-27-29(3,4)23-13-9-11-15-25(23)31(27)19-21-33;1-3-5-7-9-11-13-15-17-19-21-23-25-27-29-28-26-24-22-20-18-16-14-12-10-8-6-4-2;1-4-6-8-9-7-5-3-2;2-1(3,4)5;;;;;;;;;;;;;;;/h5-17,32-33H,18-21H2,1-4H3;1H,2H3;2H;(H,2,3,4,5);15*1H/q+1;;;;;;;;;;;;;;;;;;/p-1. The highest BCUT2D eigenvalue weighted by Crippen LogP contribution is 2.47. The van der Waals surface area contributed by atoms with Gasteiger partial charge in [0.05, 0.1) is 17.3 Å². The number of anilines is 1. The third kappa shape index (κ3) is 26.8. The van der Waals surface area contributed by atoms with E-state index in [0.717, 1.165) is 0 Å². The van der Waals surface area contributed by atoms with Gasteiger partial charge in [-0.2, -0.15) is 15.1 Å². The molecule has 76 heavy (non-hydrogen) atoms. The van der Waals surface area contributed by atoms with Gasteiger partial charge in [0.25, 0.3) is 0 Å². The third-order valence-electron chi connectivity index (χ3n) is 8.85. The van der Waals surface area contributed by atoms with Gasteiger partial charge in [-0.3, -0.25) is 0 Å². The second-order valence-corrected chi connectivity index (χ2v) is 15.0. The number of halogens is 2. The van der Waals surface area contributed by atoms with Gasteiger partial charge in [0.2, 0.25) is 5.69 Å². The van der Waals surface area contributed by atoms with Crippen LogP contribution in [0.1, 0.15) is 67.1 Å². The van der Waals surface area contributed by atoms with Crippen LogP contribution in [0.3, 0.4) is 0 Å². The molecule has 2 aromatic carbocycles. The van der Waals surface area contributed by atoms with Gasteiger partial charge in [-0.25, -0.2) is 18.6 Å². The first-order valence-electron chi connectivity index (χ1n) is 21.0. The molecule has 0 atom stereocenters. The molecule has 0 amide bonds. The summed E-state index contributed by atoms with van der Waals surface area (Å²) in [6.45, 7) is 12.0. The van der Waals surface area contributed by atoms with Crippen LogP contribution >= 0.6 is 11.9 Å². The van der Waals surface area contributed by atoms with Crippen molar-refractivity contribution in [3.63, 3.8) is 0 Å². The van der Waals surface area contributed by atoms with E-state index in [1.165, 1.54) is 33.9 Å². The summed E-state index contributed by atoms with van der Waals surface area (Å²) in [6.07, 6.45) is 15.5. The van der Waals surface area contributed by atoms with Crippen molar-refractivity contribution >= 4 is 29.0 Å². The van der Waals surface area contributed by atoms with Gasteiger partial charge < -0.3 is 15.1 Å². The van der Waals surface area contributed by atoms with Crippen LogP contribution in [-0.2, 0) is 40.4 Å². The molecule has 3 N–H and O–H groups in total. The van der Waals surface area contributed by atoms with Crippen molar-refractivity contribution in [1.82, 2.24) is 0 Å². The molecule has 0 aliphatic carbocycles. The molecule has 0 saturated heterocycles. The first kappa shape index (κ1) is 64.5. The molecule has 0 unspecified atom stereocenters. The first-order valence-corrected chi connectivity index (χ1v) is 22.6. The molecule has 0 fully saturated rings. The quantitative estimate of drug-likeness (QED) is 0.0445. The van der Waals surface area contributed by atoms with Crippen LogP contribution in [0.25, 0.3) is 0 Å². The Hall–Kier alpha value is -9.49. The number of hydrogen-bond acceptors (Lipinski definition) is 15. The van der Waals surface area contributed by atoms with Crippen LogP contribution in [0.4, 0.5) is 11.4 Å². The predicted molar refractivity (Wildman–Crippen MR) is 301 cm³/mol. The highest BCUT2D eigenvalue weighted by molar-refractivity contribution is 6.06. The fourth-order valence-corrected chi connectivity index (χ4v) is 6.22. The minimum absolute atomic E-state index is 0. The van der Waals surface area contributed by atoms with Crippen molar-refractivity contribution in [1.29, 1.82) is 5.53 Å². The van der Waals surface area contributed by atoms with Crippen LogP contribution in [0, 0.1) is 182 Å². The van der Waals surface area contributed by atoms with E-state index >= 15 is 0 Å². The smallest absolute Gasteiger partial charge is 0.209 e. The first-order chi connectivity index (χ1) is 36.7. The number of rotatable bonds is 13. The molecule has 0 radical (unpaired) electrons. The molecule has 18 heteroatoms. The predicted octanol–water partition coefficient (Wildman–Crippen LogP) is 5.22. The molecular formula is C58H70Cl2N4O12. The Kier molecular flexibility index (Phi) is 33.2. The Morgan fingerprint density at radius 2 is 1.09 bits per heavy atom. The zero-order chi connectivity index (χ0) is 56.2. The largest absolute Gasteiger partial charge is 0.395 e. The van der Waals surface area contributed by atoms with E-state index < -0.39 is 10.2 Å². The molecular weight excluding hydrogens is 1020 g/mol. The average Bonchev–Trinajstić information content (AvgIpc) is 1.63. The second-order valence-electron chi connectivity index (χ2n) is 14.1. The molecule has 2 aliphatic rings. The molecule has 16 nitrogen and oxygen atoms in total. The molecule has 0 bridgehead atoms. The number of β-amino-alcohol motifs (C(OH)–C–C–N with tert-alkyl or cyclic N) is 2. The Morgan fingerprint density at radius 1 is 0.645 bits per heavy atom. The van der Waals surface area contributed by atoms with Crippen LogP contribution < -0.4 is 23.5 Å². The van der Waals surface area contributed by atoms with Crippen molar-refractivity contribution < 1.29 is 94.6 Å². The minimum Gasteiger partial charge on any atom is -0.395 e. The number of terminal acetylenes is 1. The normalized spacial score (nSPS) is 11.9. The molecule has 0 spiro atoms. The minimum atomic E-state index is -4.94. The fourth-order valence-electron chi connectivity index (χ4n) is 6.20. The maximum Gasteiger partial charge on any atom is 0.209 e. The van der Waals surface area contributed by atoms with Gasteiger partial charge in [0.1, 0.15) is 18.5 Å². The molecule has 4 rings (SSSR count). The van der Waals surface area contributed by atoms with Gasteiger partial charge in [0.15, 0.2) is 12.3 Å². The number of benzene rings is 2. The molecule has 2 aliphatic heterocycles. The lowest BCUT2D eigenvalue weighted by Gasteiger charge is -2.26. The van der Waals surface area contributed by atoms with Gasteiger partial charge in [-0.1, -0.05) is 78.8 Å². The molecule has 408 valence electrons. The summed E-state index contributed by atoms with van der Waals surface area (Å²) < 4.78 is 39.5. The number of aliphatic hydroxyl groups is 2. The number of fused-ring (bicyclic) bond motifs is 2. The molecule has 0 aromatic heterocycles. The lowest BCUT2D eigenvalue weighted by atomic mass is 9.81. The SMILES string of the molecule is C#CC#CC#CC#CC#CC#CC#CC#CC#CC#CC#CC#CC#CC#CC.CC1(C)C(/C=C/C=C/C=C2/N(CCO)c3ccccc3C2(C)C)=[N+](CCO)c2ccccc21.N=NOOOOOOCl.[HH].[HH].[HH].[HH].[HH].[HH].[HH].[HH].[HH].[HH].[HH].[HH].[HH].[HH].[HH].[O-][Cl+3]([O-])([O-])[O-]. The second kappa shape index (κ2) is 39.1. The Labute approximate surface area is 472 Å². The van der Waals surface area contributed by atoms with Crippen LogP contribution in [0.15, 0.2) is 89.9 Å². The number of nitrogens with zero attached hydrogens (tertiary/aromatic N) is 3. The topological polar surface area (TPSA) is 231 Å². The summed E-state index contributed by atoms with van der Waals surface area (Å²) in [5.74, 6) is 66.9. The third-order valence-corrected chi connectivity index (χ3v) is 8.90. The number of hydrogen-bond donors (Lipinski definition) is 3. The Morgan fingerprint density at radius 3 is 1.54 bits per heavy atom. The summed E-state index contributed by atoms with van der Waals surface area (Å²) in [7, 11) is -4.94. The number of nitrogens with one attached hydrogen (secondary N) is 1. The number of aliphatic hydroxyl groups excluding tert-OH is 2. The van der Waals surface area contributed by atoms with E-state index in [4.69, 9.17) is 30.6 Å². The highest BCUT2D eigenvalue weighted by atomic mass is 35.7. The highest BCUT2D eigenvalue weighted by Gasteiger charge is 2.44. The van der Waals surface area contributed by atoms with Crippen LogP contribution in [0.2, 0.25) is 0 Å². The fraction of sp³-hybridized carbons (Fsp3) is 0.190. The lowest BCUT2D eigenvalue weighted by molar-refractivity contribution is -2.00. The Bertz CT molecular complexity index is 3470. The van der Waals surface area contributed by atoms with Gasteiger partial charge in [-0.15, -0.1) is 16.7 Å². The van der Waals surface area contributed by atoms with E-state index in [1.54, 1.807) is 6.92 Å². The summed E-state index contributed by atoms with van der Waals surface area (Å²) >= 11 is 4.43. The maximum atomic E-state index is 9.64. The van der Waals surface area contributed by atoms with E-state index in [2.05, 4.69) is 323 Å². The zero-order valence-electron chi connectivity index (χ0n) is 41.0. The maximum absolute atomic E-state index is 9.64. The summed E-state index contributed by atoms with van der Waals surface area (Å²) in [5.41, 5.74) is 13.0. The van der Waals surface area contributed by atoms with Crippen molar-refractivity contribution in [3.05, 3.63) is 95.7 Å². The number of para-hydroxylation sites is 2. The summed E-state index contributed by atoms with van der Waals surface area (Å²) in [6, 6.07) is 16.9. The van der Waals surface area contributed by atoms with E-state index in [9.17, 15) is 10.2 Å². The van der Waals surface area contributed by atoms with Crippen molar-refractivity contribution in [3.8, 4) is 166 Å². The molecule has 2 heterocycles. The van der Waals surface area contributed by atoms with Crippen molar-refractivity contribution in [2.75, 3.05) is 31.2 Å². The summed E-state index contributed by atoms with van der Waals surface area (Å²) in [4.78, 5) is 5.67. The van der Waals surface area contributed by atoms with Gasteiger partial charge in [-0.05, 0) is 143 Å². The molecule has 2 aromatic rings. The lowest BCUT2D eigenvalue weighted by Crippen LogP contribution is -2.68. The van der Waals surface area contributed by atoms with E-state index in [0.29, 0.717) is 13.1 Å². The monoisotopic (exact) mass is 1080 g/mol. The van der Waals surface area contributed by atoms with Crippen LogP contribution in [0.5, 0.6) is 0 Å².